The monoisotopic (exact) mass is 264 g/mol. The molecule has 0 saturated heterocycles. The third-order valence-electron chi connectivity index (χ3n) is 3.21. The second-order valence-corrected chi connectivity index (χ2v) is 4.80. The summed E-state index contributed by atoms with van der Waals surface area (Å²) in [5, 5.41) is 0. The largest absolute Gasteiger partial charge is 0.352 e. The van der Waals surface area contributed by atoms with E-state index in [9.17, 15) is 0 Å². The average Bonchev–Trinajstić information content (AvgIpc) is 2.47. The Hall–Kier alpha value is -2.49. The molecule has 0 saturated carbocycles. The normalized spacial score (nSPS) is 10.7. The minimum atomic E-state index is 0.717. The summed E-state index contributed by atoms with van der Waals surface area (Å²) in [6.45, 7) is 2.71. The van der Waals surface area contributed by atoms with Crippen LogP contribution in [0.5, 0.6) is 0 Å². The smallest absolute Gasteiger partial charge is 0.150 e. The first-order valence-electron chi connectivity index (χ1n) is 6.58. The van der Waals surface area contributed by atoms with Crippen LogP contribution < -0.4 is 4.90 Å². The highest BCUT2D eigenvalue weighted by atomic mass is 15.2. The zero-order valence-electron chi connectivity index (χ0n) is 11.6. The zero-order valence-corrected chi connectivity index (χ0v) is 11.6. The molecule has 0 amide bonds. The molecule has 0 spiro atoms. The van der Waals surface area contributed by atoms with Crippen LogP contribution in [-0.4, -0.2) is 22.0 Å². The summed E-state index contributed by atoms with van der Waals surface area (Å²) in [5.74, 6) is 0.898. The number of aryl methyl sites for hydroxylation is 1. The van der Waals surface area contributed by atoms with E-state index in [1.54, 1.807) is 0 Å². The number of benzene rings is 1. The SMILES string of the molecule is Cc1nc2ccccc2nc1N(C)Cc1ccccn1. The van der Waals surface area contributed by atoms with Crippen molar-refractivity contribution < 1.29 is 0 Å². The van der Waals surface area contributed by atoms with Crippen LogP contribution in [0.4, 0.5) is 5.82 Å². The minimum absolute atomic E-state index is 0.717. The molecule has 1 aromatic carbocycles. The molecule has 0 radical (unpaired) electrons. The molecular formula is C16H16N4. The van der Waals surface area contributed by atoms with Gasteiger partial charge in [0.1, 0.15) is 0 Å². The molecule has 2 heterocycles. The quantitative estimate of drug-likeness (QED) is 0.729. The van der Waals surface area contributed by atoms with Crippen molar-refractivity contribution in [2.75, 3.05) is 11.9 Å². The number of anilines is 1. The first-order valence-corrected chi connectivity index (χ1v) is 6.58. The van der Waals surface area contributed by atoms with Crippen molar-refractivity contribution in [1.82, 2.24) is 15.0 Å². The molecule has 0 N–H and O–H groups in total. The summed E-state index contributed by atoms with van der Waals surface area (Å²) < 4.78 is 0. The number of nitrogens with zero attached hydrogens (tertiary/aromatic N) is 4. The second kappa shape index (κ2) is 5.25. The molecule has 0 aliphatic carbocycles. The lowest BCUT2D eigenvalue weighted by Gasteiger charge is -2.19. The molecule has 0 atom stereocenters. The Kier molecular flexibility index (Phi) is 3.29. The van der Waals surface area contributed by atoms with Gasteiger partial charge in [0.05, 0.1) is 29.0 Å². The third kappa shape index (κ3) is 2.45. The first kappa shape index (κ1) is 12.5. The second-order valence-electron chi connectivity index (χ2n) is 4.80. The highest BCUT2D eigenvalue weighted by molar-refractivity contribution is 5.76. The first-order chi connectivity index (χ1) is 9.74. The predicted octanol–water partition coefficient (Wildman–Crippen LogP) is 2.97. The fraction of sp³-hybridized carbons (Fsp3) is 0.188. The number of hydrogen-bond donors (Lipinski definition) is 0. The molecule has 3 rings (SSSR count). The van der Waals surface area contributed by atoms with Gasteiger partial charge in [0.15, 0.2) is 5.82 Å². The maximum atomic E-state index is 4.71. The van der Waals surface area contributed by atoms with Gasteiger partial charge in [-0.1, -0.05) is 18.2 Å². The van der Waals surface area contributed by atoms with E-state index in [0.717, 1.165) is 28.2 Å². The maximum absolute atomic E-state index is 4.71. The standard InChI is InChI=1S/C16H16N4/c1-12-16(19-15-9-4-3-8-14(15)18-12)20(2)11-13-7-5-6-10-17-13/h3-10H,11H2,1-2H3. The highest BCUT2D eigenvalue weighted by Crippen LogP contribution is 2.19. The number of fused-ring (bicyclic) bond motifs is 1. The van der Waals surface area contributed by atoms with Crippen LogP contribution in [0.1, 0.15) is 11.4 Å². The van der Waals surface area contributed by atoms with Crippen molar-refractivity contribution in [3.05, 3.63) is 60.0 Å². The summed E-state index contributed by atoms with van der Waals surface area (Å²) in [4.78, 5) is 15.7. The van der Waals surface area contributed by atoms with Gasteiger partial charge in [0.2, 0.25) is 0 Å². The van der Waals surface area contributed by atoms with Gasteiger partial charge in [-0.25, -0.2) is 9.97 Å². The van der Waals surface area contributed by atoms with Gasteiger partial charge in [-0.05, 0) is 31.2 Å². The molecule has 0 aliphatic heterocycles. The van der Waals surface area contributed by atoms with Gasteiger partial charge < -0.3 is 4.90 Å². The van der Waals surface area contributed by atoms with Crippen LogP contribution >= 0.6 is 0 Å². The van der Waals surface area contributed by atoms with Crippen LogP contribution in [0.3, 0.4) is 0 Å². The molecule has 2 aromatic heterocycles. The van der Waals surface area contributed by atoms with Gasteiger partial charge in [0, 0.05) is 13.2 Å². The predicted molar refractivity (Wildman–Crippen MR) is 80.6 cm³/mol. The van der Waals surface area contributed by atoms with E-state index in [1.807, 2.05) is 62.6 Å². The zero-order chi connectivity index (χ0) is 13.9. The van der Waals surface area contributed by atoms with Crippen molar-refractivity contribution in [1.29, 1.82) is 0 Å². The molecule has 0 fully saturated rings. The van der Waals surface area contributed by atoms with Crippen molar-refractivity contribution in [3.63, 3.8) is 0 Å². The van der Waals surface area contributed by atoms with Crippen LogP contribution in [0.15, 0.2) is 48.7 Å². The summed E-state index contributed by atoms with van der Waals surface area (Å²) >= 11 is 0. The highest BCUT2D eigenvalue weighted by Gasteiger charge is 2.10. The number of aromatic nitrogens is 3. The van der Waals surface area contributed by atoms with Gasteiger partial charge in [-0.3, -0.25) is 4.98 Å². The molecule has 0 unspecified atom stereocenters. The Morgan fingerprint density at radius 1 is 0.950 bits per heavy atom. The van der Waals surface area contributed by atoms with Crippen molar-refractivity contribution in [2.45, 2.75) is 13.5 Å². The van der Waals surface area contributed by atoms with Crippen LogP contribution in [0.25, 0.3) is 11.0 Å². The summed E-state index contributed by atoms with van der Waals surface area (Å²) in [7, 11) is 2.01. The third-order valence-corrected chi connectivity index (χ3v) is 3.21. The summed E-state index contributed by atoms with van der Waals surface area (Å²) in [5.41, 5.74) is 3.80. The van der Waals surface area contributed by atoms with E-state index >= 15 is 0 Å². The fourth-order valence-corrected chi connectivity index (χ4v) is 2.25. The minimum Gasteiger partial charge on any atom is -0.352 e. The Balaban J connectivity index is 1.95. The van der Waals surface area contributed by atoms with Gasteiger partial charge in [-0.15, -0.1) is 0 Å². The van der Waals surface area contributed by atoms with Gasteiger partial charge >= 0.3 is 0 Å². The lowest BCUT2D eigenvalue weighted by molar-refractivity contribution is 0.857. The number of hydrogen-bond acceptors (Lipinski definition) is 4. The number of rotatable bonds is 3. The van der Waals surface area contributed by atoms with E-state index in [-0.39, 0.29) is 0 Å². The molecule has 0 bridgehead atoms. The Labute approximate surface area is 118 Å². The molecule has 0 aliphatic rings. The number of para-hydroxylation sites is 2. The molecule has 100 valence electrons. The fourth-order valence-electron chi connectivity index (χ4n) is 2.25. The Morgan fingerprint density at radius 2 is 1.65 bits per heavy atom. The van der Waals surface area contributed by atoms with Crippen LogP contribution in [-0.2, 0) is 6.54 Å². The topological polar surface area (TPSA) is 41.9 Å². The Morgan fingerprint density at radius 3 is 2.35 bits per heavy atom. The van der Waals surface area contributed by atoms with Gasteiger partial charge in [0.25, 0.3) is 0 Å². The van der Waals surface area contributed by atoms with E-state index in [0.29, 0.717) is 6.54 Å². The average molecular weight is 264 g/mol. The van der Waals surface area contributed by atoms with Crippen molar-refractivity contribution >= 4 is 16.9 Å². The van der Waals surface area contributed by atoms with Crippen LogP contribution in [0.2, 0.25) is 0 Å². The van der Waals surface area contributed by atoms with Crippen LogP contribution in [0, 0.1) is 6.92 Å². The van der Waals surface area contributed by atoms with E-state index in [4.69, 9.17) is 4.98 Å². The molecule has 4 nitrogen and oxygen atoms in total. The van der Waals surface area contributed by atoms with E-state index in [2.05, 4.69) is 14.9 Å². The van der Waals surface area contributed by atoms with Crippen molar-refractivity contribution in [2.24, 2.45) is 0 Å². The lowest BCUT2D eigenvalue weighted by Crippen LogP contribution is -2.20. The molecule has 3 aromatic rings. The summed E-state index contributed by atoms with van der Waals surface area (Å²) in [6, 6.07) is 13.9. The summed E-state index contributed by atoms with van der Waals surface area (Å²) in [6.07, 6.45) is 1.81. The van der Waals surface area contributed by atoms with Gasteiger partial charge in [-0.2, -0.15) is 0 Å². The number of pyridine rings is 1. The van der Waals surface area contributed by atoms with Crippen molar-refractivity contribution in [3.8, 4) is 0 Å². The molecule has 20 heavy (non-hydrogen) atoms. The Bertz CT molecular complexity index is 725. The molecule has 4 heteroatoms. The van der Waals surface area contributed by atoms with E-state index in [1.165, 1.54) is 0 Å². The van der Waals surface area contributed by atoms with E-state index < -0.39 is 0 Å². The lowest BCUT2D eigenvalue weighted by atomic mass is 10.2. The maximum Gasteiger partial charge on any atom is 0.150 e. The molecular weight excluding hydrogens is 248 g/mol.